The zero-order chi connectivity index (χ0) is 8.97. The molecule has 13 heavy (non-hydrogen) atoms. The number of rotatable bonds is 3. The van der Waals surface area contributed by atoms with Gasteiger partial charge in [0, 0.05) is 6.07 Å². The molecule has 0 unspecified atom stereocenters. The molecule has 0 amide bonds. The Morgan fingerprint density at radius 2 is 1.92 bits per heavy atom. The van der Waals surface area contributed by atoms with Gasteiger partial charge >= 0.3 is 0 Å². The number of methoxy groups -OCH3 is 2. The van der Waals surface area contributed by atoms with Crippen LogP contribution in [0.5, 0.6) is 11.5 Å². The molecule has 0 atom stereocenters. The first-order valence-electron chi connectivity index (χ1n) is 3.50. The molecule has 4 nitrogen and oxygen atoms in total. The molecule has 3 N–H and O–H groups in total. The second kappa shape index (κ2) is 5.66. The molecular weight excluding hydrogens is 236 g/mol. The fourth-order valence-electron chi connectivity index (χ4n) is 0.918. The highest BCUT2D eigenvalue weighted by atomic mass is 79.9. The number of halogens is 1. The molecule has 1 rings (SSSR count). The second-order valence-electron chi connectivity index (χ2n) is 2.21. The molecule has 0 aromatic heterocycles. The lowest BCUT2D eigenvalue weighted by molar-refractivity contribution is 0.395. The first-order valence-corrected chi connectivity index (χ1v) is 3.50. The van der Waals surface area contributed by atoms with Gasteiger partial charge < -0.3 is 14.9 Å². The standard InChI is InChI=1S/C8H12N2O2.BrH/c1-11-6-3-4-7(10-9)8(5-6)12-2;/h3-5,10H,9H2,1-2H3;1H. The molecule has 0 saturated heterocycles. The van der Waals surface area contributed by atoms with Crippen LogP contribution in [0, 0.1) is 0 Å². The molecule has 1 aromatic carbocycles. The van der Waals surface area contributed by atoms with Crippen molar-refractivity contribution >= 4 is 22.7 Å². The summed E-state index contributed by atoms with van der Waals surface area (Å²) in [5, 5.41) is 0. The van der Waals surface area contributed by atoms with E-state index in [9.17, 15) is 0 Å². The summed E-state index contributed by atoms with van der Waals surface area (Å²) in [5.74, 6) is 6.65. The van der Waals surface area contributed by atoms with Crippen LogP contribution in [0.15, 0.2) is 18.2 Å². The summed E-state index contributed by atoms with van der Waals surface area (Å²) >= 11 is 0. The summed E-state index contributed by atoms with van der Waals surface area (Å²) in [5.41, 5.74) is 3.25. The molecule has 0 aliphatic heterocycles. The van der Waals surface area contributed by atoms with E-state index >= 15 is 0 Å². The molecular formula is C8H13BrN2O2. The van der Waals surface area contributed by atoms with Crippen molar-refractivity contribution in [1.82, 2.24) is 0 Å². The minimum atomic E-state index is 0. The lowest BCUT2D eigenvalue weighted by atomic mass is 10.3. The zero-order valence-electron chi connectivity index (χ0n) is 7.53. The van der Waals surface area contributed by atoms with Gasteiger partial charge in [0.25, 0.3) is 0 Å². The van der Waals surface area contributed by atoms with E-state index in [-0.39, 0.29) is 17.0 Å². The van der Waals surface area contributed by atoms with Crippen LogP contribution in [-0.2, 0) is 0 Å². The van der Waals surface area contributed by atoms with Gasteiger partial charge in [-0.25, -0.2) is 0 Å². The van der Waals surface area contributed by atoms with Gasteiger partial charge in [0.05, 0.1) is 19.9 Å². The van der Waals surface area contributed by atoms with Crippen molar-refractivity contribution < 1.29 is 9.47 Å². The van der Waals surface area contributed by atoms with Gasteiger partial charge in [0.15, 0.2) is 0 Å². The third kappa shape index (κ3) is 2.78. The Morgan fingerprint density at radius 3 is 2.38 bits per heavy atom. The maximum Gasteiger partial charge on any atom is 0.146 e. The van der Waals surface area contributed by atoms with Crippen LogP contribution in [0.1, 0.15) is 0 Å². The maximum absolute atomic E-state index is 5.25. The molecule has 0 bridgehead atoms. The van der Waals surface area contributed by atoms with E-state index in [4.69, 9.17) is 15.3 Å². The molecule has 0 fully saturated rings. The van der Waals surface area contributed by atoms with Crippen molar-refractivity contribution in [3.05, 3.63) is 18.2 Å². The average Bonchev–Trinajstić information content (AvgIpc) is 2.16. The van der Waals surface area contributed by atoms with E-state index in [2.05, 4.69) is 5.43 Å². The fourth-order valence-corrected chi connectivity index (χ4v) is 0.918. The van der Waals surface area contributed by atoms with E-state index in [1.807, 2.05) is 0 Å². The van der Waals surface area contributed by atoms with E-state index in [0.29, 0.717) is 5.75 Å². The van der Waals surface area contributed by atoms with Crippen LogP contribution in [0.25, 0.3) is 0 Å². The summed E-state index contributed by atoms with van der Waals surface area (Å²) in [4.78, 5) is 0. The van der Waals surface area contributed by atoms with E-state index in [0.717, 1.165) is 11.4 Å². The quantitative estimate of drug-likeness (QED) is 0.630. The minimum absolute atomic E-state index is 0. The van der Waals surface area contributed by atoms with Gasteiger partial charge in [-0.15, -0.1) is 17.0 Å². The van der Waals surface area contributed by atoms with Crippen LogP contribution < -0.4 is 20.7 Å². The fraction of sp³-hybridized carbons (Fsp3) is 0.250. The Kier molecular flexibility index (Phi) is 5.25. The first kappa shape index (κ1) is 12.1. The Hall–Kier alpha value is -0.940. The van der Waals surface area contributed by atoms with Crippen LogP contribution in [0.4, 0.5) is 5.69 Å². The van der Waals surface area contributed by atoms with Gasteiger partial charge in [-0.3, -0.25) is 5.84 Å². The SMILES string of the molecule is Br.COc1ccc(NN)c(OC)c1. The summed E-state index contributed by atoms with van der Waals surface area (Å²) in [7, 11) is 3.18. The van der Waals surface area contributed by atoms with E-state index in [1.165, 1.54) is 0 Å². The largest absolute Gasteiger partial charge is 0.497 e. The normalized spacial score (nSPS) is 8.54. The molecule has 0 radical (unpaired) electrons. The minimum Gasteiger partial charge on any atom is -0.497 e. The molecule has 0 spiro atoms. The summed E-state index contributed by atoms with van der Waals surface area (Å²) < 4.78 is 10.1. The predicted molar refractivity (Wildman–Crippen MR) is 57.7 cm³/mol. The number of hydrogen-bond acceptors (Lipinski definition) is 4. The van der Waals surface area contributed by atoms with Crippen molar-refractivity contribution in [2.75, 3.05) is 19.6 Å². The van der Waals surface area contributed by atoms with Crippen molar-refractivity contribution in [2.24, 2.45) is 5.84 Å². The highest BCUT2D eigenvalue weighted by molar-refractivity contribution is 8.93. The van der Waals surface area contributed by atoms with Crippen molar-refractivity contribution in [3.63, 3.8) is 0 Å². The second-order valence-corrected chi connectivity index (χ2v) is 2.21. The molecule has 0 saturated carbocycles. The Bertz CT molecular complexity index is 268. The van der Waals surface area contributed by atoms with Crippen molar-refractivity contribution in [1.29, 1.82) is 0 Å². The highest BCUT2D eigenvalue weighted by Gasteiger charge is 2.01. The lowest BCUT2D eigenvalue weighted by Crippen LogP contribution is -2.07. The number of nitrogens with one attached hydrogen (secondary N) is 1. The summed E-state index contributed by atoms with van der Waals surface area (Å²) in [6, 6.07) is 5.35. The van der Waals surface area contributed by atoms with Crippen molar-refractivity contribution in [2.45, 2.75) is 0 Å². The molecule has 1 aromatic rings. The number of hydrazine groups is 1. The maximum atomic E-state index is 5.25. The van der Waals surface area contributed by atoms with Crippen molar-refractivity contribution in [3.8, 4) is 11.5 Å². The topological polar surface area (TPSA) is 56.5 Å². The number of anilines is 1. The van der Waals surface area contributed by atoms with Crippen LogP contribution in [0.2, 0.25) is 0 Å². The van der Waals surface area contributed by atoms with Crippen LogP contribution >= 0.6 is 17.0 Å². The molecule has 0 aliphatic carbocycles. The number of hydrogen-bond donors (Lipinski definition) is 2. The van der Waals surface area contributed by atoms with Gasteiger partial charge in [-0.2, -0.15) is 0 Å². The van der Waals surface area contributed by atoms with E-state index < -0.39 is 0 Å². The Morgan fingerprint density at radius 1 is 1.23 bits per heavy atom. The first-order chi connectivity index (χ1) is 5.81. The number of nitrogens with two attached hydrogens (primary N) is 1. The van der Waals surface area contributed by atoms with Gasteiger partial charge in [0.1, 0.15) is 11.5 Å². The van der Waals surface area contributed by atoms with Crippen LogP contribution in [-0.4, -0.2) is 14.2 Å². The predicted octanol–water partition coefficient (Wildman–Crippen LogP) is 1.57. The highest BCUT2D eigenvalue weighted by Crippen LogP contribution is 2.27. The summed E-state index contributed by atoms with van der Waals surface area (Å²) in [6.07, 6.45) is 0. The third-order valence-electron chi connectivity index (χ3n) is 1.56. The molecule has 0 heterocycles. The molecule has 74 valence electrons. The van der Waals surface area contributed by atoms with Gasteiger partial charge in [-0.1, -0.05) is 0 Å². The molecule has 5 heteroatoms. The Balaban J connectivity index is 0.00000144. The number of benzene rings is 1. The number of ether oxygens (including phenoxy) is 2. The lowest BCUT2D eigenvalue weighted by Gasteiger charge is -2.08. The molecule has 0 aliphatic rings. The third-order valence-corrected chi connectivity index (χ3v) is 1.56. The van der Waals surface area contributed by atoms with Gasteiger partial charge in [0.2, 0.25) is 0 Å². The van der Waals surface area contributed by atoms with Gasteiger partial charge in [-0.05, 0) is 12.1 Å². The summed E-state index contributed by atoms with van der Waals surface area (Å²) in [6.45, 7) is 0. The smallest absolute Gasteiger partial charge is 0.146 e. The zero-order valence-corrected chi connectivity index (χ0v) is 9.25. The average molecular weight is 249 g/mol. The Labute approximate surface area is 87.8 Å². The number of nitrogen functional groups attached to an aromatic ring is 1. The van der Waals surface area contributed by atoms with E-state index in [1.54, 1.807) is 32.4 Å². The monoisotopic (exact) mass is 248 g/mol. The van der Waals surface area contributed by atoms with Crippen LogP contribution in [0.3, 0.4) is 0 Å².